The van der Waals surface area contributed by atoms with E-state index in [-0.39, 0.29) is 30.4 Å². The third kappa shape index (κ3) is 4.89. The van der Waals surface area contributed by atoms with E-state index in [1.165, 1.54) is 0 Å². The number of nitrogens with two attached hydrogens (primary N) is 1. The van der Waals surface area contributed by atoms with Crippen molar-refractivity contribution in [1.29, 1.82) is 0 Å². The van der Waals surface area contributed by atoms with Gasteiger partial charge in [-0.15, -0.1) is 0 Å². The molecule has 6 heteroatoms. The van der Waals surface area contributed by atoms with Crippen LogP contribution in [0, 0.1) is 5.92 Å². The largest absolute Gasteiger partial charge is 0.484 e. The van der Waals surface area contributed by atoms with Gasteiger partial charge in [0, 0.05) is 18.8 Å². The normalized spacial score (nSPS) is 13.2. The number of nitrogens with one attached hydrogen (secondary N) is 2. The molecule has 20 heavy (non-hydrogen) atoms. The van der Waals surface area contributed by atoms with Crippen molar-refractivity contribution in [1.82, 2.24) is 5.32 Å². The number of hydrogen-bond acceptors (Lipinski definition) is 4. The van der Waals surface area contributed by atoms with Gasteiger partial charge in [-0.25, -0.2) is 0 Å². The van der Waals surface area contributed by atoms with Crippen LogP contribution in [0.25, 0.3) is 0 Å². The van der Waals surface area contributed by atoms with E-state index >= 15 is 0 Å². The Morgan fingerprint density at radius 3 is 2.35 bits per heavy atom. The summed E-state index contributed by atoms with van der Waals surface area (Å²) in [5.41, 5.74) is 6.34. The lowest BCUT2D eigenvalue weighted by Gasteiger charge is -2.15. The first-order valence-corrected chi connectivity index (χ1v) is 6.44. The van der Waals surface area contributed by atoms with Crippen molar-refractivity contribution >= 4 is 17.5 Å². The van der Waals surface area contributed by atoms with Crippen LogP contribution in [0.5, 0.6) is 5.75 Å². The summed E-state index contributed by atoms with van der Waals surface area (Å²) in [5, 5.41) is 5.24. The first kappa shape index (κ1) is 16.0. The predicted molar refractivity (Wildman–Crippen MR) is 77.4 cm³/mol. The highest BCUT2D eigenvalue weighted by Gasteiger charge is 2.16. The second-order valence-corrected chi connectivity index (χ2v) is 4.62. The van der Waals surface area contributed by atoms with Crippen LogP contribution in [0.1, 0.15) is 13.8 Å². The lowest BCUT2D eigenvalue weighted by Crippen LogP contribution is -2.34. The van der Waals surface area contributed by atoms with Gasteiger partial charge in [0.15, 0.2) is 6.61 Å². The van der Waals surface area contributed by atoms with Gasteiger partial charge in [-0.3, -0.25) is 9.59 Å². The van der Waals surface area contributed by atoms with Crippen LogP contribution < -0.4 is 21.1 Å². The Kier molecular flexibility index (Phi) is 5.99. The zero-order valence-corrected chi connectivity index (χ0v) is 12.0. The number of carbonyl (C=O) groups is 2. The topological polar surface area (TPSA) is 93.5 Å². The smallest absolute Gasteiger partial charge is 0.257 e. The van der Waals surface area contributed by atoms with Gasteiger partial charge in [0.2, 0.25) is 5.91 Å². The van der Waals surface area contributed by atoms with Crippen molar-refractivity contribution in [3.05, 3.63) is 24.3 Å². The fourth-order valence-electron chi connectivity index (χ4n) is 1.35. The number of amides is 2. The van der Waals surface area contributed by atoms with Gasteiger partial charge in [0.1, 0.15) is 5.75 Å². The van der Waals surface area contributed by atoms with E-state index in [2.05, 4.69) is 10.6 Å². The molecular formula is C14H21N3O3. The van der Waals surface area contributed by atoms with Crippen LogP contribution in [0.3, 0.4) is 0 Å². The molecule has 0 saturated carbocycles. The van der Waals surface area contributed by atoms with Crippen molar-refractivity contribution in [2.45, 2.75) is 19.9 Å². The van der Waals surface area contributed by atoms with Crippen molar-refractivity contribution < 1.29 is 14.3 Å². The standard InChI is InChI=1S/C14H21N3O3/c1-9(10(2)15)14(19)17-11-4-6-12(7-5-11)20-8-13(18)16-3/h4-7,9-10H,8,15H2,1-3H3,(H,16,18)(H,17,19). The van der Waals surface area contributed by atoms with E-state index in [1.54, 1.807) is 45.2 Å². The van der Waals surface area contributed by atoms with Crippen molar-refractivity contribution in [3.8, 4) is 5.75 Å². The minimum atomic E-state index is -0.265. The maximum Gasteiger partial charge on any atom is 0.257 e. The van der Waals surface area contributed by atoms with Crippen LogP contribution in [0.4, 0.5) is 5.69 Å². The SMILES string of the molecule is CNC(=O)COc1ccc(NC(=O)C(C)C(C)N)cc1. The second kappa shape index (κ2) is 7.49. The lowest BCUT2D eigenvalue weighted by atomic mass is 10.0. The Balaban J connectivity index is 2.54. The molecule has 110 valence electrons. The van der Waals surface area contributed by atoms with Crippen molar-refractivity contribution in [3.63, 3.8) is 0 Å². The molecule has 0 radical (unpaired) electrons. The van der Waals surface area contributed by atoms with Crippen LogP contribution in [0.2, 0.25) is 0 Å². The Bertz CT molecular complexity index is 457. The van der Waals surface area contributed by atoms with Crippen molar-refractivity contribution in [2.24, 2.45) is 11.7 Å². The van der Waals surface area contributed by atoms with E-state index < -0.39 is 0 Å². The van der Waals surface area contributed by atoms with E-state index in [1.807, 2.05) is 0 Å². The van der Waals surface area contributed by atoms with Crippen molar-refractivity contribution in [2.75, 3.05) is 19.0 Å². The first-order valence-electron chi connectivity index (χ1n) is 6.44. The molecule has 6 nitrogen and oxygen atoms in total. The molecule has 0 aliphatic heterocycles. The summed E-state index contributed by atoms with van der Waals surface area (Å²) in [5.74, 6) is -0.0295. The molecule has 1 aromatic rings. The zero-order chi connectivity index (χ0) is 15.1. The summed E-state index contributed by atoms with van der Waals surface area (Å²) in [6, 6.07) is 6.60. The molecule has 4 N–H and O–H groups in total. The monoisotopic (exact) mass is 279 g/mol. The Morgan fingerprint density at radius 1 is 1.25 bits per heavy atom. The fourth-order valence-corrected chi connectivity index (χ4v) is 1.35. The van der Waals surface area contributed by atoms with E-state index in [0.717, 1.165) is 0 Å². The number of ether oxygens (including phenoxy) is 1. The number of hydrogen-bond donors (Lipinski definition) is 3. The minimum absolute atomic E-state index is 0.0378. The molecule has 2 unspecified atom stereocenters. The number of rotatable bonds is 6. The van der Waals surface area contributed by atoms with Gasteiger partial charge in [-0.05, 0) is 31.2 Å². The van der Waals surface area contributed by atoms with Gasteiger partial charge in [0.25, 0.3) is 5.91 Å². The molecule has 0 saturated heterocycles. The van der Waals surface area contributed by atoms with Crippen LogP contribution in [-0.2, 0) is 9.59 Å². The molecule has 2 atom stereocenters. The molecule has 0 aromatic heterocycles. The van der Waals surface area contributed by atoms with Crippen LogP contribution in [0.15, 0.2) is 24.3 Å². The Hall–Kier alpha value is -2.08. The zero-order valence-electron chi connectivity index (χ0n) is 12.0. The predicted octanol–water partition coefficient (Wildman–Crippen LogP) is 0.733. The average Bonchev–Trinajstić information content (AvgIpc) is 2.45. The molecule has 0 aliphatic carbocycles. The quantitative estimate of drug-likeness (QED) is 0.715. The van der Waals surface area contributed by atoms with Gasteiger partial charge in [-0.2, -0.15) is 0 Å². The summed E-state index contributed by atoms with van der Waals surface area (Å²) in [6.07, 6.45) is 0. The number of likely N-dealkylation sites (N-methyl/N-ethyl adjacent to an activating group) is 1. The van der Waals surface area contributed by atoms with Gasteiger partial charge in [-0.1, -0.05) is 6.92 Å². The number of benzene rings is 1. The molecule has 1 aromatic carbocycles. The Labute approximate surface area is 118 Å². The van der Waals surface area contributed by atoms with Gasteiger partial charge < -0.3 is 21.1 Å². The molecule has 0 heterocycles. The Morgan fingerprint density at radius 2 is 1.85 bits per heavy atom. The summed E-state index contributed by atoms with van der Waals surface area (Å²) in [6.45, 7) is 3.53. The maximum absolute atomic E-state index is 11.8. The number of carbonyl (C=O) groups excluding carboxylic acids is 2. The molecule has 0 bridgehead atoms. The van der Waals surface area contributed by atoms with E-state index in [4.69, 9.17) is 10.5 Å². The van der Waals surface area contributed by atoms with E-state index in [0.29, 0.717) is 11.4 Å². The molecule has 0 fully saturated rings. The fraction of sp³-hybridized carbons (Fsp3) is 0.429. The summed E-state index contributed by atoms with van der Waals surface area (Å²) in [7, 11) is 1.55. The third-order valence-electron chi connectivity index (χ3n) is 2.97. The number of anilines is 1. The molecule has 0 spiro atoms. The highest BCUT2D eigenvalue weighted by atomic mass is 16.5. The summed E-state index contributed by atoms with van der Waals surface area (Å²) >= 11 is 0. The van der Waals surface area contributed by atoms with Crippen LogP contribution >= 0.6 is 0 Å². The molecular weight excluding hydrogens is 258 g/mol. The molecule has 2 amide bonds. The van der Waals surface area contributed by atoms with Gasteiger partial charge >= 0.3 is 0 Å². The van der Waals surface area contributed by atoms with Gasteiger partial charge in [0.05, 0.1) is 5.92 Å². The lowest BCUT2D eigenvalue weighted by molar-refractivity contribution is -0.122. The minimum Gasteiger partial charge on any atom is -0.484 e. The molecule has 1 rings (SSSR count). The third-order valence-corrected chi connectivity index (χ3v) is 2.97. The van der Waals surface area contributed by atoms with Crippen LogP contribution in [-0.4, -0.2) is 31.5 Å². The first-order chi connectivity index (χ1) is 9.43. The summed E-state index contributed by atoms with van der Waals surface area (Å²) < 4.78 is 5.26. The summed E-state index contributed by atoms with van der Waals surface area (Å²) in [4.78, 5) is 22.8. The highest BCUT2D eigenvalue weighted by Crippen LogP contribution is 2.16. The molecule has 0 aliphatic rings. The highest BCUT2D eigenvalue weighted by molar-refractivity contribution is 5.92. The van der Waals surface area contributed by atoms with E-state index in [9.17, 15) is 9.59 Å². The average molecular weight is 279 g/mol. The maximum atomic E-state index is 11.8. The second-order valence-electron chi connectivity index (χ2n) is 4.62.